The quantitative estimate of drug-likeness (QED) is 0.214. The lowest BCUT2D eigenvalue weighted by Gasteiger charge is -2.10. The van der Waals surface area contributed by atoms with Crippen molar-refractivity contribution in [1.29, 1.82) is 0 Å². The summed E-state index contributed by atoms with van der Waals surface area (Å²) in [5.74, 6) is 0.102. The Bertz CT molecular complexity index is 2050. The zero-order valence-electron chi connectivity index (χ0n) is 22.2. The third-order valence-electron chi connectivity index (χ3n) is 6.90. The van der Waals surface area contributed by atoms with Crippen molar-refractivity contribution in [3.63, 3.8) is 0 Å². The highest BCUT2D eigenvalue weighted by atomic mass is 35.5. The van der Waals surface area contributed by atoms with E-state index >= 15 is 0 Å². The van der Waals surface area contributed by atoms with Crippen LogP contribution in [0, 0.1) is 6.92 Å². The number of nitrogens with one attached hydrogen (secondary N) is 1. The molecular formula is C31H25ClN4O4S. The highest BCUT2D eigenvalue weighted by Crippen LogP contribution is 2.37. The normalized spacial score (nSPS) is 11.7. The van der Waals surface area contributed by atoms with Gasteiger partial charge >= 0.3 is 5.97 Å². The second kappa shape index (κ2) is 10.4. The molecule has 0 atom stereocenters. The number of aryl methyl sites for hydroxylation is 1. The van der Waals surface area contributed by atoms with Gasteiger partial charge in [0, 0.05) is 34.9 Å². The first-order valence-corrected chi connectivity index (χ1v) is 14.6. The van der Waals surface area contributed by atoms with Crippen LogP contribution in [0.5, 0.6) is 0 Å². The predicted molar refractivity (Wildman–Crippen MR) is 160 cm³/mol. The van der Waals surface area contributed by atoms with Crippen LogP contribution in [-0.4, -0.2) is 34.9 Å². The van der Waals surface area contributed by atoms with Crippen molar-refractivity contribution < 1.29 is 17.9 Å². The van der Waals surface area contributed by atoms with E-state index in [1.54, 1.807) is 71.4 Å². The second-order valence-corrected chi connectivity index (χ2v) is 11.9. The predicted octanol–water partition coefficient (Wildman–Crippen LogP) is 6.55. The summed E-state index contributed by atoms with van der Waals surface area (Å²) in [6, 6.07) is 24.9. The summed E-state index contributed by atoms with van der Waals surface area (Å²) in [6.45, 7) is 2.32. The van der Waals surface area contributed by atoms with Gasteiger partial charge in [-0.15, -0.1) is 0 Å². The molecule has 0 saturated heterocycles. The Labute approximate surface area is 241 Å². The smallest absolute Gasteiger partial charge is 0.339 e. The van der Waals surface area contributed by atoms with E-state index in [9.17, 15) is 13.2 Å². The number of pyridine rings is 1. The summed E-state index contributed by atoms with van der Waals surface area (Å²) in [5, 5.41) is 4.77. The largest absolute Gasteiger partial charge is 0.465 e. The topological polar surface area (TPSA) is 94.7 Å². The van der Waals surface area contributed by atoms with Crippen LogP contribution in [0.15, 0.2) is 102 Å². The molecule has 3 aromatic carbocycles. The Morgan fingerprint density at radius 1 is 0.976 bits per heavy atom. The Morgan fingerprint density at radius 2 is 1.76 bits per heavy atom. The van der Waals surface area contributed by atoms with E-state index in [1.807, 2.05) is 37.3 Å². The highest BCUT2D eigenvalue weighted by Gasteiger charge is 2.25. The maximum atomic E-state index is 13.8. The van der Waals surface area contributed by atoms with Crippen LogP contribution in [0.25, 0.3) is 27.8 Å². The third-order valence-corrected chi connectivity index (χ3v) is 8.82. The van der Waals surface area contributed by atoms with Gasteiger partial charge in [0.05, 0.1) is 23.1 Å². The number of carbonyl (C=O) groups excluding carboxylic acids is 1. The fourth-order valence-corrected chi connectivity index (χ4v) is 6.42. The van der Waals surface area contributed by atoms with Gasteiger partial charge in [-0.25, -0.2) is 22.2 Å². The summed E-state index contributed by atoms with van der Waals surface area (Å²) in [4.78, 5) is 17.4. The van der Waals surface area contributed by atoms with E-state index in [1.165, 1.54) is 11.1 Å². The van der Waals surface area contributed by atoms with Gasteiger partial charge in [0.15, 0.2) is 0 Å². The van der Waals surface area contributed by atoms with Gasteiger partial charge in [-0.3, -0.25) is 4.40 Å². The molecule has 0 unspecified atom stereocenters. The lowest BCUT2D eigenvalue weighted by atomic mass is 10.1. The van der Waals surface area contributed by atoms with Crippen LogP contribution in [0.1, 0.15) is 21.5 Å². The first-order valence-electron chi connectivity index (χ1n) is 12.8. The minimum Gasteiger partial charge on any atom is -0.465 e. The maximum Gasteiger partial charge on any atom is 0.339 e. The third kappa shape index (κ3) is 4.83. The van der Waals surface area contributed by atoms with Crippen LogP contribution in [-0.2, 0) is 21.3 Å². The number of imidazole rings is 1. The molecule has 0 aliphatic carbocycles. The van der Waals surface area contributed by atoms with Crippen molar-refractivity contribution in [2.75, 3.05) is 12.4 Å². The SMILES string of the molecule is COC(=O)c1ccc2nc(-c3cn(S(=O)(=O)c4ccc(C)cc4)c4ccccc34)c(NCc3cccc(Cl)c3)n2c1. The highest BCUT2D eigenvalue weighted by molar-refractivity contribution is 7.90. The molecular weight excluding hydrogens is 560 g/mol. The molecule has 0 spiro atoms. The van der Waals surface area contributed by atoms with Gasteiger partial charge in [-0.1, -0.05) is 59.6 Å². The van der Waals surface area contributed by atoms with E-state index in [0.717, 1.165) is 11.1 Å². The fourth-order valence-electron chi connectivity index (χ4n) is 4.83. The van der Waals surface area contributed by atoms with Crippen molar-refractivity contribution >= 4 is 50.0 Å². The molecule has 0 saturated carbocycles. The Morgan fingerprint density at radius 3 is 2.51 bits per heavy atom. The van der Waals surface area contributed by atoms with Crippen LogP contribution >= 0.6 is 11.6 Å². The summed E-state index contributed by atoms with van der Waals surface area (Å²) < 4.78 is 35.6. The molecule has 0 aliphatic rings. The van der Waals surface area contributed by atoms with Crippen molar-refractivity contribution in [2.45, 2.75) is 18.4 Å². The van der Waals surface area contributed by atoms with E-state index in [2.05, 4.69) is 5.32 Å². The van der Waals surface area contributed by atoms with E-state index < -0.39 is 16.0 Å². The molecule has 41 heavy (non-hydrogen) atoms. The van der Waals surface area contributed by atoms with Crippen LogP contribution in [0.2, 0.25) is 5.02 Å². The van der Waals surface area contributed by atoms with Crippen LogP contribution in [0.3, 0.4) is 0 Å². The van der Waals surface area contributed by atoms with Gasteiger partial charge < -0.3 is 10.1 Å². The molecule has 0 amide bonds. The van der Waals surface area contributed by atoms with Crippen molar-refractivity contribution in [2.24, 2.45) is 0 Å². The standard InChI is InChI=1S/C31H25ClN4O4S/c1-20-10-13-24(14-11-20)41(38,39)36-19-26(25-8-3-4-9-27(25)36)29-30(33-17-21-6-5-7-23(32)16-21)35-18-22(31(37)40-2)12-15-28(35)34-29/h3-16,18-19,33H,17H2,1-2H3. The lowest BCUT2D eigenvalue weighted by Crippen LogP contribution is -2.11. The number of anilines is 1. The van der Waals surface area contributed by atoms with Crippen molar-refractivity contribution in [1.82, 2.24) is 13.4 Å². The first-order chi connectivity index (χ1) is 19.8. The molecule has 3 heterocycles. The molecule has 6 aromatic rings. The van der Waals surface area contributed by atoms with Crippen molar-refractivity contribution in [3.05, 3.63) is 119 Å². The van der Waals surface area contributed by atoms with E-state index in [-0.39, 0.29) is 4.90 Å². The first kappa shape index (κ1) is 26.6. The van der Waals surface area contributed by atoms with Gasteiger partial charge in [0.2, 0.25) is 0 Å². The average molecular weight is 585 g/mol. The number of benzene rings is 3. The average Bonchev–Trinajstić information content (AvgIpc) is 3.54. The molecule has 1 N–H and O–H groups in total. The Kier molecular flexibility index (Phi) is 6.76. The maximum absolute atomic E-state index is 13.8. The number of halogens is 1. The second-order valence-electron chi connectivity index (χ2n) is 9.60. The number of carbonyl (C=O) groups is 1. The van der Waals surface area contributed by atoms with Gasteiger partial charge in [-0.05, 0) is 55.0 Å². The number of aromatic nitrogens is 3. The van der Waals surface area contributed by atoms with Crippen LogP contribution in [0.4, 0.5) is 5.82 Å². The van der Waals surface area contributed by atoms with E-state index in [0.29, 0.717) is 50.8 Å². The number of ether oxygens (including phenoxy) is 1. The molecule has 0 bridgehead atoms. The molecule has 10 heteroatoms. The number of nitrogens with zero attached hydrogens (tertiary/aromatic N) is 3. The van der Waals surface area contributed by atoms with Crippen LogP contribution < -0.4 is 5.32 Å². The summed E-state index contributed by atoms with van der Waals surface area (Å²) in [6.07, 6.45) is 3.26. The minimum absolute atomic E-state index is 0.187. The molecule has 0 radical (unpaired) electrons. The van der Waals surface area contributed by atoms with Crippen molar-refractivity contribution in [3.8, 4) is 11.3 Å². The minimum atomic E-state index is -3.91. The molecule has 8 nitrogen and oxygen atoms in total. The monoisotopic (exact) mass is 584 g/mol. The summed E-state index contributed by atoms with van der Waals surface area (Å²) in [5.41, 5.74) is 4.49. The number of para-hydroxylation sites is 1. The lowest BCUT2D eigenvalue weighted by molar-refractivity contribution is 0.0600. The summed E-state index contributed by atoms with van der Waals surface area (Å²) >= 11 is 6.21. The number of hydrogen-bond acceptors (Lipinski definition) is 6. The van der Waals surface area contributed by atoms with E-state index in [4.69, 9.17) is 21.3 Å². The zero-order chi connectivity index (χ0) is 28.7. The zero-order valence-corrected chi connectivity index (χ0v) is 23.8. The number of fused-ring (bicyclic) bond motifs is 2. The van der Waals surface area contributed by atoms with Gasteiger partial charge in [-0.2, -0.15) is 0 Å². The fraction of sp³-hybridized carbons (Fsp3) is 0.0968. The molecule has 0 fully saturated rings. The molecule has 6 rings (SSSR count). The Hall–Kier alpha value is -4.60. The number of hydrogen-bond donors (Lipinski definition) is 1. The van der Waals surface area contributed by atoms with Gasteiger partial charge in [0.1, 0.15) is 17.2 Å². The number of esters is 1. The molecule has 3 aromatic heterocycles. The number of methoxy groups -OCH3 is 1. The Balaban J connectivity index is 1.56. The summed E-state index contributed by atoms with van der Waals surface area (Å²) in [7, 11) is -2.58. The number of rotatable bonds is 7. The molecule has 206 valence electrons. The van der Waals surface area contributed by atoms with Gasteiger partial charge in [0.25, 0.3) is 10.0 Å². The molecule has 0 aliphatic heterocycles.